The average Bonchev–Trinajstić information content (AvgIpc) is 3.25. The van der Waals surface area contributed by atoms with Crippen LogP contribution in [0, 0.1) is 0 Å². The molecule has 2 aromatic rings. The topological polar surface area (TPSA) is 69.0 Å². The molecule has 1 N–H and O–H groups in total. The molecule has 1 unspecified atom stereocenters. The lowest BCUT2D eigenvalue weighted by atomic mass is 10.1. The number of hydrogen-bond acceptors (Lipinski definition) is 4. The van der Waals surface area contributed by atoms with Crippen molar-refractivity contribution in [2.24, 2.45) is 0 Å². The van der Waals surface area contributed by atoms with Gasteiger partial charge in [0.1, 0.15) is 17.4 Å². The van der Waals surface area contributed by atoms with Crippen LogP contribution in [0.1, 0.15) is 49.0 Å². The van der Waals surface area contributed by atoms with E-state index >= 15 is 0 Å². The van der Waals surface area contributed by atoms with Crippen LogP contribution in [0.2, 0.25) is 0 Å². The number of ether oxygens (including phenoxy) is 1. The molecule has 3 heterocycles. The van der Waals surface area contributed by atoms with Crippen molar-refractivity contribution in [3.63, 3.8) is 0 Å². The number of nitrogens with one attached hydrogen (secondary N) is 1. The Morgan fingerprint density at radius 2 is 2.23 bits per heavy atom. The van der Waals surface area contributed by atoms with Gasteiger partial charge >= 0.3 is 0 Å². The molecule has 2 aliphatic rings. The minimum absolute atomic E-state index is 0.0608. The van der Waals surface area contributed by atoms with Gasteiger partial charge in [-0.15, -0.1) is 10.2 Å². The van der Waals surface area contributed by atoms with Crippen molar-refractivity contribution in [3.8, 4) is 5.75 Å². The van der Waals surface area contributed by atoms with E-state index in [2.05, 4.69) is 40.0 Å². The summed E-state index contributed by atoms with van der Waals surface area (Å²) in [7, 11) is 0. The van der Waals surface area contributed by atoms with Crippen molar-refractivity contribution in [2.45, 2.75) is 51.6 Å². The summed E-state index contributed by atoms with van der Waals surface area (Å²) < 4.78 is 7.67. The summed E-state index contributed by atoms with van der Waals surface area (Å²) >= 11 is 0. The number of hydrogen-bond donors (Lipinski definition) is 1. The zero-order valence-electron chi connectivity index (χ0n) is 15.2. The van der Waals surface area contributed by atoms with Crippen molar-refractivity contribution in [1.82, 2.24) is 20.1 Å². The molecule has 0 radical (unpaired) electrons. The van der Waals surface area contributed by atoms with Crippen LogP contribution in [-0.4, -0.2) is 33.3 Å². The average molecular weight is 352 g/mol. The fourth-order valence-corrected chi connectivity index (χ4v) is 3.62. The number of nitrogens with zero attached hydrogens (tertiary/aromatic N) is 3. The van der Waals surface area contributed by atoms with Gasteiger partial charge < -0.3 is 14.6 Å². The van der Waals surface area contributed by atoms with Crippen molar-refractivity contribution in [1.29, 1.82) is 0 Å². The van der Waals surface area contributed by atoms with Crippen LogP contribution < -0.4 is 10.1 Å². The Morgan fingerprint density at radius 3 is 3.08 bits per heavy atom. The minimum atomic E-state index is -0.0608. The molecule has 6 heteroatoms. The lowest BCUT2D eigenvalue weighted by Crippen LogP contribution is -2.40. The highest BCUT2D eigenvalue weighted by Gasteiger charge is 2.24. The third kappa shape index (κ3) is 3.36. The SMILES string of the molecule is CC(C)c1nnc2n1CC(NC(=O)C=Cc1ccc3c(c1)CCO3)CC2. The Balaban J connectivity index is 1.38. The molecule has 1 atom stereocenters. The third-order valence-electron chi connectivity index (χ3n) is 4.98. The van der Waals surface area contributed by atoms with E-state index in [1.54, 1.807) is 6.08 Å². The highest BCUT2D eigenvalue weighted by molar-refractivity contribution is 5.92. The number of rotatable bonds is 4. The van der Waals surface area contributed by atoms with E-state index < -0.39 is 0 Å². The largest absolute Gasteiger partial charge is 0.493 e. The first kappa shape index (κ1) is 16.8. The lowest BCUT2D eigenvalue weighted by molar-refractivity contribution is -0.117. The molecule has 6 nitrogen and oxygen atoms in total. The summed E-state index contributed by atoms with van der Waals surface area (Å²) in [6, 6.07) is 6.15. The second-order valence-corrected chi connectivity index (χ2v) is 7.28. The standard InChI is InChI=1S/C20H24N4O2/c1-13(2)20-23-22-18-7-5-16(12-24(18)20)21-19(25)8-4-14-3-6-17-15(11-14)9-10-26-17/h3-4,6,8,11,13,16H,5,7,9-10,12H2,1-2H3,(H,21,25). The molecule has 1 aromatic heterocycles. The normalized spacial score (nSPS) is 18.7. The first-order valence-electron chi connectivity index (χ1n) is 9.26. The van der Waals surface area contributed by atoms with Gasteiger partial charge in [0.05, 0.1) is 6.61 Å². The Morgan fingerprint density at radius 1 is 1.35 bits per heavy atom. The number of carbonyl (C=O) groups is 1. The van der Waals surface area contributed by atoms with Gasteiger partial charge in [-0.25, -0.2) is 0 Å². The smallest absolute Gasteiger partial charge is 0.244 e. The van der Waals surface area contributed by atoms with Gasteiger partial charge in [0.25, 0.3) is 0 Å². The quantitative estimate of drug-likeness (QED) is 0.859. The van der Waals surface area contributed by atoms with Gasteiger partial charge in [-0.3, -0.25) is 4.79 Å². The van der Waals surface area contributed by atoms with Crippen LogP contribution in [0.15, 0.2) is 24.3 Å². The summed E-state index contributed by atoms with van der Waals surface area (Å²) in [5.41, 5.74) is 2.23. The highest BCUT2D eigenvalue weighted by Crippen LogP contribution is 2.26. The zero-order valence-corrected chi connectivity index (χ0v) is 15.2. The van der Waals surface area contributed by atoms with E-state index in [0.29, 0.717) is 5.92 Å². The van der Waals surface area contributed by atoms with E-state index in [9.17, 15) is 4.79 Å². The molecule has 0 bridgehead atoms. The van der Waals surface area contributed by atoms with Gasteiger partial charge in [0.2, 0.25) is 5.91 Å². The van der Waals surface area contributed by atoms with E-state index in [1.807, 2.05) is 18.2 Å². The second-order valence-electron chi connectivity index (χ2n) is 7.28. The van der Waals surface area contributed by atoms with E-state index in [-0.39, 0.29) is 11.9 Å². The monoisotopic (exact) mass is 352 g/mol. The molecule has 26 heavy (non-hydrogen) atoms. The molecule has 0 fully saturated rings. The molecular weight excluding hydrogens is 328 g/mol. The maximum atomic E-state index is 12.3. The third-order valence-corrected chi connectivity index (χ3v) is 4.98. The van der Waals surface area contributed by atoms with Crippen LogP contribution in [0.4, 0.5) is 0 Å². The summed E-state index contributed by atoms with van der Waals surface area (Å²) in [4.78, 5) is 12.3. The van der Waals surface area contributed by atoms with E-state index in [0.717, 1.165) is 55.4 Å². The number of benzene rings is 1. The number of fused-ring (bicyclic) bond motifs is 2. The summed E-state index contributed by atoms with van der Waals surface area (Å²) in [6.07, 6.45) is 6.15. The minimum Gasteiger partial charge on any atom is -0.493 e. The molecule has 2 aliphatic heterocycles. The number of aromatic nitrogens is 3. The Kier molecular flexibility index (Phi) is 4.49. The summed E-state index contributed by atoms with van der Waals surface area (Å²) in [5, 5.41) is 11.7. The van der Waals surface area contributed by atoms with Crippen molar-refractivity contribution < 1.29 is 9.53 Å². The number of carbonyl (C=O) groups excluding carboxylic acids is 1. The predicted octanol–water partition coefficient (Wildman–Crippen LogP) is 2.48. The molecule has 0 saturated heterocycles. The fourth-order valence-electron chi connectivity index (χ4n) is 3.62. The lowest BCUT2D eigenvalue weighted by Gasteiger charge is -2.25. The van der Waals surface area contributed by atoms with Gasteiger partial charge in [0, 0.05) is 37.4 Å². The Labute approximate surface area is 153 Å². The van der Waals surface area contributed by atoms with Crippen molar-refractivity contribution in [3.05, 3.63) is 47.1 Å². The second kappa shape index (κ2) is 6.94. The van der Waals surface area contributed by atoms with Crippen LogP contribution in [0.5, 0.6) is 5.75 Å². The predicted molar refractivity (Wildman–Crippen MR) is 99.0 cm³/mol. The van der Waals surface area contributed by atoms with Gasteiger partial charge in [-0.05, 0) is 35.8 Å². The summed E-state index contributed by atoms with van der Waals surface area (Å²) in [5.74, 6) is 3.24. The zero-order chi connectivity index (χ0) is 18.1. The molecule has 0 saturated carbocycles. The van der Waals surface area contributed by atoms with Gasteiger partial charge in [-0.2, -0.15) is 0 Å². The first-order valence-corrected chi connectivity index (χ1v) is 9.26. The van der Waals surface area contributed by atoms with Crippen LogP contribution >= 0.6 is 0 Å². The highest BCUT2D eigenvalue weighted by atomic mass is 16.5. The number of aryl methyl sites for hydroxylation is 1. The van der Waals surface area contributed by atoms with Crippen LogP contribution in [0.25, 0.3) is 6.08 Å². The van der Waals surface area contributed by atoms with Crippen molar-refractivity contribution in [2.75, 3.05) is 6.61 Å². The maximum absolute atomic E-state index is 12.3. The summed E-state index contributed by atoms with van der Waals surface area (Å²) in [6.45, 7) is 5.72. The molecule has 1 aromatic carbocycles. The maximum Gasteiger partial charge on any atom is 0.244 e. The van der Waals surface area contributed by atoms with Crippen molar-refractivity contribution >= 4 is 12.0 Å². The van der Waals surface area contributed by atoms with Gasteiger partial charge in [-0.1, -0.05) is 19.9 Å². The molecule has 136 valence electrons. The molecule has 0 aliphatic carbocycles. The Hall–Kier alpha value is -2.63. The van der Waals surface area contributed by atoms with E-state index in [4.69, 9.17) is 4.74 Å². The van der Waals surface area contributed by atoms with Gasteiger partial charge in [0.15, 0.2) is 0 Å². The molecule has 0 spiro atoms. The fraction of sp³-hybridized carbons (Fsp3) is 0.450. The molecule has 4 rings (SSSR count). The van der Waals surface area contributed by atoms with E-state index in [1.165, 1.54) is 5.56 Å². The van der Waals surface area contributed by atoms with Crippen LogP contribution in [0.3, 0.4) is 0 Å². The Bertz CT molecular complexity index is 853. The molecule has 1 amide bonds. The molecular formula is C20H24N4O2. The van der Waals surface area contributed by atoms with Crippen LogP contribution in [-0.2, 0) is 24.2 Å². The first-order chi connectivity index (χ1) is 12.6. The number of amides is 1.